The van der Waals surface area contributed by atoms with E-state index < -0.39 is 28.8 Å². The maximum absolute atomic E-state index is 16.5. The van der Waals surface area contributed by atoms with Crippen molar-refractivity contribution >= 4 is 34.1 Å². The summed E-state index contributed by atoms with van der Waals surface area (Å²) in [4.78, 5) is 18.6. The minimum Gasteiger partial charge on any atom is -0.861 e. The van der Waals surface area contributed by atoms with Gasteiger partial charge in [0.2, 0.25) is 0 Å². The van der Waals surface area contributed by atoms with Gasteiger partial charge in [0.15, 0.2) is 5.82 Å². The normalized spacial score (nSPS) is 20.3. The van der Waals surface area contributed by atoms with Crippen LogP contribution in [0.1, 0.15) is 37.8 Å². The molecule has 0 bridgehead atoms. The lowest BCUT2D eigenvalue weighted by atomic mass is 9.99. The number of allylic oxidation sites excluding steroid dienone is 1. The van der Waals surface area contributed by atoms with Crippen LogP contribution in [0.25, 0.3) is 22.2 Å². The molecule has 2 aliphatic heterocycles. The van der Waals surface area contributed by atoms with E-state index in [0.29, 0.717) is 25.5 Å². The molecule has 2 aromatic heterocycles. The molecule has 43 heavy (non-hydrogen) atoms. The molecule has 0 saturated carbocycles. The van der Waals surface area contributed by atoms with E-state index in [4.69, 9.17) is 22.1 Å². The summed E-state index contributed by atoms with van der Waals surface area (Å²) < 4.78 is 65.0. The molecule has 0 spiro atoms. The molecule has 2 atom stereocenters. The molecule has 4 heterocycles. The van der Waals surface area contributed by atoms with E-state index in [9.17, 15) is 18.3 Å². The van der Waals surface area contributed by atoms with Crippen molar-refractivity contribution in [3.05, 3.63) is 46.1 Å². The molecule has 0 amide bonds. The first kappa shape index (κ1) is 30.9. The van der Waals surface area contributed by atoms with Gasteiger partial charge in [-0.2, -0.15) is 23.1 Å². The first-order valence-electron chi connectivity index (χ1n) is 14.0. The summed E-state index contributed by atoms with van der Waals surface area (Å²) in [6, 6.07) is 2.19. The highest BCUT2D eigenvalue weighted by atomic mass is 35.5. The van der Waals surface area contributed by atoms with E-state index >= 15 is 4.39 Å². The van der Waals surface area contributed by atoms with E-state index in [1.807, 2.05) is 18.9 Å². The number of pyridine rings is 1. The third-order valence-electron chi connectivity index (χ3n) is 8.13. The van der Waals surface area contributed by atoms with Gasteiger partial charge < -0.3 is 30.3 Å². The SMILES string of the molecule is C/C=C(\[O-])N1CCN(c2nc(OC[C@@H]3CCCN3C)nc3c(F)c(-c4nc(N)cc(C)c4C(F)(F)F)c(Cl)cc23)[C@@H](C)C1. The quantitative estimate of drug-likeness (QED) is 0.312. The number of piperazine rings is 1. The Morgan fingerprint density at radius 3 is 2.58 bits per heavy atom. The highest BCUT2D eigenvalue weighted by Crippen LogP contribution is 2.44. The minimum absolute atomic E-state index is 0.104. The third-order valence-corrected chi connectivity index (χ3v) is 8.43. The fraction of sp³-hybridized carbons (Fsp3) is 0.483. The number of ether oxygens (including phenoxy) is 1. The number of nitrogen functional groups attached to an aromatic ring is 1. The third kappa shape index (κ3) is 5.97. The molecule has 5 rings (SSSR count). The van der Waals surface area contributed by atoms with Gasteiger partial charge in [-0.3, -0.25) is 0 Å². The van der Waals surface area contributed by atoms with E-state index in [2.05, 4.69) is 19.9 Å². The lowest BCUT2D eigenvalue weighted by Crippen LogP contribution is -2.53. The Morgan fingerprint density at radius 2 is 1.95 bits per heavy atom. The second-order valence-corrected chi connectivity index (χ2v) is 11.5. The number of halogens is 5. The Labute approximate surface area is 251 Å². The molecule has 0 aliphatic carbocycles. The second-order valence-electron chi connectivity index (χ2n) is 11.1. The molecular weight excluding hydrogens is 590 g/mol. The summed E-state index contributed by atoms with van der Waals surface area (Å²) in [7, 11) is 1.98. The van der Waals surface area contributed by atoms with Crippen LogP contribution < -0.4 is 20.5 Å². The standard InChI is InChI=1S/C29H34ClF4N7O2/c1-5-21(42)40-9-10-41(16(3)13-40)27-18-12-19(30)22(26-23(29(32,33)34)15(2)11-20(35)36-26)24(31)25(18)37-28(38-27)43-14-17-7-6-8-39(17)4/h5,11-12,16-17,42H,6-10,13-14H2,1-4H3,(H2,35,36)/p-1/b21-5-/t16-,17-/m0/s1. The molecule has 14 heteroatoms. The van der Waals surface area contributed by atoms with Crippen molar-refractivity contribution in [2.45, 2.75) is 51.9 Å². The van der Waals surface area contributed by atoms with Gasteiger partial charge in [-0.1, -0.05) is 17.7 Å². The number of nitrogens with zero attached hydrogens (tertiary/aromatic N) is 6. The van der Waals surface area contributed by atoms with Gasteiger partial charge >= 0.3 is 12.2 Å². The maximum Gasteiger partial charge on any atom is 0.418 e. The number of alkyl halides is 3. The highest BCUT2D eigenvalue weighted by Gasteiger charge is 2.39. The second kappa shape index (κ2) is 11.8. The number of likely N-dealkylation sites (N-methyl/N-ethyl adjacent to an activating group) is 1. The van der Waals surface area contributed by atoms with Gasteiger partial charge in [0, 0.05) is 37.1 Å². The average molecular weight is 623 g/mol. The van der Waals surface area contributed by atoms with Gasteiger partial charge in [0.1, 0.15) is 23.8 Å². The number of rotatable bonds is 6. The Balaban J connectivity index is 1.68. The van der Waals surface area contributed by atoms with E-state index in [-0.39, 0.29) is 57.9 Å². The molecule has 2 aliphatic rings. The van der Waals surface area contributed by atoms with Crippen molar-refractivity contribution in [2.24, 2.45) is 0 Å². The summed E-state index contributed by atoms with van der Waals surface area (Å²) in [5.41, 5.74) is 2.90. The number of benzene rings is 1. The summed E-state index contributed by atoms with van der Waals surface area (Å²) in [6.07, 6.45) is -1.44. The Morgan fingerprint density at radius 1 is 1.21 bits per heavy atom. The number of hydrogen-bond acceptors (Lipinski definition) is 9. The van der Waals surface area contributed by atoms with Crippen molar-refractivity contribution in [3.8, 4) is 17.3 Å². The maximum atomic E-state index is 16.5. The van der Waals surface area contributed by atoms with Crippen molar-refractivity contribution in [1.29, 1.82) is 0 Å². The molecule has 0 radical (unpaired) electrons. The fourth-order valence-electron chi connectivity index (χ4n) is 5.91. The number of anilines is 2. The number of aromatic nitrogens is 3. The molecule has 2 fully saturated rings. The zero-order valence-electron chi connectivity index (χ0n) is 24.3. The van der Waals surface area contributed by atoms with Crippen LogP contribution in [0, 0.1) is 12.7 Å². The molecule has 0 unspecified atom stereocenters. The van der Waals surface area contributed by atoms with Crippen LogP contribution in [0.5, 0.6) is 6.01 Å². The smallest absolute Gasteiger partial charge is 0.418 e. The number of likely N-dealkylation sites (tertiary alicyclic amines) is 1. The van der Waals surface area contributed by atoms with Gasteiger partial charge in [0.25, 0.3) is 0 Å². The van der Waals surface area contributed by atoms with E-state index in [0.717, 1.165) is 25.5 Å². The predicted molar refractivity (Wildman–Crippen MR) is 155 cm³/mol. The Hall–Kier alpha value is -3.58. The van der Waals surface area contributed by atoms with Gasteiger partial charge in [-0.25, -0.2) is 9.37 Å². The fourth-order valence-corrected chi connectivity index (χ4v) is 6.19. The van der Waals surface area contributed by atoms with Crippen LogP contribution >= 0.6 is 11.6 Å². The van der Waals surface area contributed by atoms with Crippen LogP contribution in [0.4, 0.5) is 29.2 Å². The van der Waals surface area contributed by atoms with Crippen LogP contribution in [-0.2, 0) is 6.18 Å². The van der Waals surface area contributed by atoms with Crippen molar-refractivity contribution in [3.63, 3.8) is 0 Å². The monoisotopic (exact) mass is 622 g/mol. The lowest BCUT2D eigenvalue weighted by Gasteiger charge is -2.44. The van der Waals surface area contributed by atoms with Gasteiger partial charge in [-0.05, 0) is 70.8 Å². The minimum atomic E-state index is -4.86. The van der Waals surface area contributed by atoms with Crippen molar-refractivity contribution < 1.29 is 27.4 Å². The molecule has 9 nitrogen and oxygen atoms in total. The average Bonchev–Trinajstić information content (AvgIpc) is 3.34. The van der Waals surface area contributed by atoms with Crippen LogP contribution in [0.3, 0.4) is 0 Å². The lowest BCUT2D eigenvalue weighted by molar-refractivity contribution is -0.333. The van der Waals surface area contributed by atoms with Gasteiger partial charge in [0.05, 0.1) is 21.8 Å². The number of nitrogens with two attached hydrogens (primary N) is 1. The molecule has 1 aromatic carbocycles. The topological polar surface area (TPSA) is 107 Å². The summed E-state index contributed by atoms with van der Waals surface area (Å²) in [6.45, 7) is 7.11. The zero-order valence-corrected chi connectivity index (χ0v) is 25.1. The van der Waals surface area contributed by atoms with E-state index in [1.165, 1.54) is 19.1 Å². The number of aryl methyl sites for hydroxylation is 1. The van der Waals surface area contributed by atoms with E-state index in [1.54, 1.807) is 11.8 Å². The Kier molecular flexibility index (Phi) is 8.50. The molecule has 232 valence electrons. The largest absolute Gasteiger partial charge is 0.861 e. The zero-order chi connectivity index (χ0) is 31.2. The number of hydrogen-bond donors (Lipinski definition) is 1. The molecule has 2 N–H and O–H groups in total. The predicted octanol–water partition coefficient (Wildman–Crippen LogP) is 4.60. The summed E-state index contributed by atoms with van der Waals surface area (Å²) >= 11 is 6.55. The molecule has 2 saturated heterocycles. The first-order valence-corrected chi connectivity index (χ1v) is 14.4. The van der Waals surface area contributed by atoms with Crippen LogP contribution in [0.15, 0.2) is 24.1 Å². The van der Waals surface area contributed by atoms with Crippen LogP contribution in [0.2, 0.25) is 5.02 Å². The number of fused-ring (bicyclic) bond motifs is 1. The first-order chi connectivity index (χ1) is 20.3. The molecular formula is C29H33ClF4N7O2-. The van der Waals surface area contributed by atoms with Gasteiger partial charge in [-0.15, -0.1) is 0 Å². The molecule has 3 aromatic rings. The summed E-state index contributed by atoms with van der Waals surface area (Å²) in [5.74, 6) is -1.11. The Bertz CT molecular complexity index is 1570. The van der Waals surface area contributed by atoms with Crippen LogP contribution in [-0.4, -0.2) is 76.7 Å². The highest BCUT2D eigenvalue weighted by molar-refractivity contribution is 6.34. The summed E-state index contributed by atoms with van der Waals surface area (Å²) in [5, 5.41) is 12.2. The van der Waals surface area contributed by atoms with Crippen molar-refractivity contribution in [1.82, 2.24) is 24.8 Å². The van der Waals surface area contributed by atoms with Crippen molar-refractivity contribution in [2.75, 3.05) is 50.5 Å².